The summed E-state index contributed by atoms with van der Waals surface area (Å²) in [5, 5.41) is 4.68. The Morgan fingerprint density at radius 3 is 2.68 bits per heavy atom. The highest BCUT2D eigenvalue weighted by molar-refractivity contribution is 6.07. The predicted molar refractivity (Wildman–Crippen MR) is 83.4 cm³/mol. The van der Waals surface area contributed by atoms with Crippen LogP contribution >= 0.6 is 0 Å². The van der Waals surface area contributed by atoms with Crippen LogP contribution in [-0.2, 0) is 0 Å². The van der Waals surface area contributed by atoms with Crippen molar-refractivity contribution >= 4 is 22.4 Å². The Hall–Kier alpha value is -3.08. The Balaban J connectivity index is 1.93. The van der Waals surface area contributed by atoms with E-state index in [4.69, 9.17) is 9.15 Å². The average Bonchev–Trinajstić information content (AvgIpc) is 2.55. The number of amides is 1. The third-order valence-corrected chi connectivity index (χ3v) is 3.28. The van der Waals surface area contributed by atoms with Gasteiger partial charge in [-0.15, -0.1) is 0 Å². The van der Waals surface area contributed by atoms with E-state index in [2.05, 4.69) is 5.32 Å². The Morgan fingerprint density at radius 2 is 1.91 bits per heavy atom. The minimum Gasteiger partial charge on any atom is -0.490 e. The molecule has 1 N–H and O–H groups in total. The summed E-state index contributed by atoms with van der Waals surface area (Å²) in [5.74, 6) is -0.503. The number of carbonyl (C=O) groups is 1. The van der Waals surface area contributed by atoms with Gasteiger partial charge in [-0.05, 0) is 11.5 Å². The molecule has 1 aromatic heterocycles. The molecule has 0 unspecified atom stereocenters. The highest BCUT2D eigenvalue weighted by Crippen LogP contribution is 2.23. The second-order valence-corrected chi connectivity index (χ2v) is 4.66. The third-order valence-electron chi connectivity index (χ3n) is 3.28. The quantitative estimate of drug-likeness (QED) is 0.806. The molecule has 1 heterocycles. The van der Waals surface area contributed by atoms with Gasteiger partial charge in [-0.25, -0.2) is 0 Å². The Bertz CT molecular complexity index is 893. The van der Waals surface area contributed by atoms with E-state index in [9.17, 15) is 9.59 Å². The topological polar surface area (TPSA) is 68.5 Å². The molecule has 3 rings (SSSR count). The number of ether oxygens (including phenoxy) is 1. The third kappa shape index (κ3) is 2.56. The van der Waals surface area contributed by atoms with Crippen molar-refractivity contribution in [3.63, 3.8) is 0 Å². The Labute approximate surface area is 126 Å². The van der Waals surface area contributed by atoms with E-state index in [1.807, 2.05) is 36.4 Å². The maximum absolute atomic E-state index is 12.2. The predicted octanol–water partition coefficient (Wildman–Crippen LogP) is 3.05. The number of benzene rings is 2. The van der Waals surface area contributed by atoms with Gasteiger partial charge in [-0.1, -0.05) is 36.4 Å². The summed E-state index contributed by atoms with van der Waals surface area (Å²) < 4.78 is 9.96. The summed E-state index contributed by atoms with van der Waals surface area (Å²) in [5.41, 5.74) is 0.249. The number of hydrogen-bond acceptors (Lipinski definition) is 4. The van der Waals surface area contributed by atoms with E-state index in [1.54, 1.807) is 6.07 Å². The second kappa shape index (κ2) is 5.73. The largest absolute Gasteiger partial charge is 0.490 e. The van der Waals surface area contributed by atoms with Crippen molar-refractivity contribution in [1.29, 1.82) is 0 Å². The zero-order chi connectivity index (χ0) is 15.5. The highest BCUT2D eigenvalue weighted by Gasteiger charge is 2.13. The van der Waals surface area contributed by atoms with Gasteiger partial charge in [0, 0.05) is 17.1 Å². The fourth-order valence-electron chi connectivity index (χ4n) is 2.19. The van der Waals surface area contributed by atoms with Gasteiger partial charge in [0.15, 0.2) is 5.76 Å². The molecule has 5 heteroatoms. The number of carbonyl (C=O) groups excluding carboxylic acids is 1. The summed E-state index contributed by atoms with van der Waals surface area (Å²) in [6.45, 7) is 0. The molecule has 0 radical (unpaired) electrons. The van der Waals surface area contributed by atoms with Gasteiger partial charge in [0.2, 0.25) is 11.2 Å². The fourth-order valence-corrected chi connectivity index (χ4v) is 2.19. The SMILES string of the molecule is COc1coc(C(=O)Nc2cccc3ccccc23)cc1=O. The molecule has 0 saturated heterocycles. The van der Waals surface area contributed by atoms with Gasteiger partial charge in [-0.2, -0.15) is 0 Å². The number of anilines is 1. The van der Waals surface area contributed by atoms with Crippen LogP contribution in [0.2, 0.25) is 0 Å². The van der Waals surface area contributed by atoms with Crippen LogP contribution in [0.15, 0.2) is 64.0 Å². The number of methoxy groups -OCH3 is 1. The zero-order valence-electron chi connectivity index (χ0n) is 11.8. The lowest BCUT2D eigenvalue weighted by Gasteiger charge is -2.08. The molecular formula is C17H13NO4. The first kappa shape index (κ1) is 13.9. The van der Waals surface area contributed by atoms with Crippen LogP contribution in [0.4, 0.5) is 5.69 Å². The summed E-state index contributed by atoms with van der Waals surface area (Å²) in [4.78, 5) is 23.9. The van der Waals surface area contributed by atoms with E-state index in [1.165, 1.54) is 7.11 Å². The molecule has 0 aliphatic heterocycles. The van der Waals surface area contributed by atoms with Crippen molar-refractivity contribution < 1.29 is 13.9 Å². The lowest BCUT2D eigenvalue weighted by molar-refractivity contribution is 0.0994. The Morgan fingerprint density at radius 1 is 1.14 bits per heavy atom. The van der Waals surface area contributed by atoms with Gasteiger partial charge in [-0.3, -0.25) is 9.59 Å². The first-order valence-corrected chi connectivity index (χ1v) is 6.65. The number of rotatable bonds is 3. The van der Waals surface area contributed by atoms with Crippen LogP contribution < -0.4 is 15.5 Å². The van der Waals surface area contributed by atoms with E-state index < -0.39 is 11.3 Å². The van der Waals surface area contributed by atoms with Crippen LogP contribution in [0.25, 0.3) is 10.8 Å². The lowest BCUT2D eigenvalue weighted by Crippen LogP contribution is -2.15. The van der Waals surface area contributed by atoms with Crippen molar-refractivity contribution in [3.8, 4) is 5.75 Å². The molecule has 0 bridgehead atoms. The van der Waals surface area contributed by atoms with Gasteiger partial charge in [0.25, 0.3) is 5.91 Å². The van der Waals surface area contributed by atoms with E-state index in [0.717, 1.165) is 23.1 Å². The summed E-state index contributed by atoms with van der Waals surface area (Å²) in [6, 6.07) is 14.4. The summed E-state index contributed by atoms with van der Waals surface area (Å²) >= 11 is 0. The van der Waals surface area contributed by atoms with Crippen molar-refractivity contribution in [2.75, 3.05) is 12.4 Å². The van der Waals surface area contributed by atoms with Crippen LogP contribution in [0.5, 0.6) is 5.75 Å². The molecule has 0 atom stereocenters. The molecule has 0 spiro atoms. The molecular weight excluding hydrogens is 282 g/mol. The first-order chi connectivity index (χ1) is 10.7. The van der Waals surface area contributed by atoms with Crippen LogP contribution in [0.1, 0.15) is 10.6 Å². The van der Waals surface area contributed by atoms with E-state index >= 15 is 0 Å². The fraction of sp³-hybridized carbons (Fsp3) is 0.0588. The Kier molecular flexibility index (Phi) is 3.62. The summed E-state index contributed by atoms with van der Waals surface area (Å²) in [6.07, 6.45) is 1.13. The minimum absolute atomic E-state index is 0.0571. The number of fused-ring (bicyclic) bond motifs is 1. The maximum Gasteiger partial charge on any atom is 0.291 e. The molecule has 1 amide bonds. The van der Waals surface area contributed by atoms with Crippen LogP contribution in [0.3, 0.4) is 0 Å². The van der Waals surface area contributed by atoms with Gasteiger partial charge in [0.1, 0.15) is 6.26 Å². The highest BCUT2D eigenvalue weighted by atomic mass is 16.5. The second-order valence-electron chi connectivity index (χ2n) is 4.66. The van der Waals surface area contributed by atoms with Gasteiger partial charge in [0.05, 0.1) is 7.11 Å². The normalized spacial score (nSPS) is 10.4. The zero-order valence-corrected chi connectivity index (χ0v) is 11.8. The minimum atomic E-state index is -0.490. The van der Waals surface area contributed by atoms with Crippen molar-refractivity contribution in [1.82, 2.24) is 0 Å². The van der Waals surface area contributed by atoms with Crippen molar-refractivity contribution in [3.05, 3.63) is 70.8 Å². The molecule has 22 heavy (non-hydrogen) atoms. The molecule has 2 aromatic carbocycles. The average molecular weight is 295 g/mol. The summed E-state index contributed by atoms with van der Waals surface area (Å²) in [7, 11) is 1.36. The molecule has 0 saturated carbocycles. The molecule has 0 fully saturated rings. The van der Waals surface area contributed by atoms with Gasteiger partial charge >= 0.3 is 0 Å². The van der Waals surface area contributed by atoms with Crippen LogP contribution in [0, 0.1) is 0 Å². The lowest BCUT2D eigenvalue weighted by atomic mass is 10.1. The monoisotopic (exact) mass is 295 g/mol. The van der Waals surface area contributed by atoms with E-state index in [-0.39, 0.29) is 11.5 Å². The molecule has 5 nitrogen and oxygen atoms in total. The molecule has 0 aliphatic carbocycles. The molecule has 3 aromatic rings. The van der Waals surface area contributed by atoms with Crippen LogP contribution in [-0.4, -0.2) is 13.0 Å². The number of nitrogens with one attached hydrogen (secondary N) is 1. The number of hydrogen-bond donors (Lipinski definition) is 1. The van der Waals surface area contributed by atoms with Crippen molar-refractivity contribution in [2.45, 2.75) is 0 Å². The molecule has 0 aliphatic rings. The first-order valence-electron chi connectivity index (χ1n) is 6.65. The van der Waals surface area contributed by atoms with Crippen molar-refractivity contribution in [2.24, 2.45) is 0 Å². The smallest absolute Gasteiger partial charge is 0.291 e. The van der Waals surface area contributed by atoms with E-state index in [0.29, 0.717) is 5.69 Å². The van der Waals surface area contributed by atoms with Gasteiger partial charge < -0.3 is 14.5 Å². The standard InChI is InChI=1S/C17H13NO4/c1-21-16-10-22-15(9-14(16)19)17(20)18-13-8-4-6-11-5-2-3-7-12(11)13/h2-10H,1H3,(H,18,20). The maximum atomic E-state index is 12.2. The molecule has 110 valence electrons.